The Morgan fingerprint density at radius 3 is 2.70 bits per heavy atom. The molecule has 1 saturated heterocycles. The van der Waals surface area contributed by atoms with Crippen LogP contribution in [0.15, 0.2) is 24.3 Å². The first kappa shape index (κ1) is 16.6. The maximum absolute atomic E-state index is 11.6. The Bertz CT molecular complexity index is 682. The van der Waals surface area contributed by atoms with Gasteiger partial charge in [-0.05, 0) is 24.6 Å². The summed E-state index contributed by atoms with van der Waals surface area (Å²) in [5.41, 5.74) is 4.13. The largest absolute Gasteiger partial charge is 0.486 e. The third kappa shape index (κ3) is 4.00. The molecule has 2 heterocycles. The average Bonchev–Trinajstić information content (AvgIpc) is 3.22. The highest BCUT2D eigenvalue weighted by Crippen LogP contribution is 2.45. The van der Waals surface area contributed by atoms with Gasteiger partial charge >= 0.3 is 0 Å². The van der Waals surface area contributed by atoms with E-state index in [4.69, 9.17) is 10.6 Å². The smallest absolute Gasteiger partial charge is 0.277 e. The molecule has 1 aromatic carbocycles. The Morgan fingerprint density at radius 1 is 1.35 bits per heavy atom. The number of nitrogen functional groups attached to an aromatic ring is 1. The van der Waals surface area contributed by atoms with E-state index in [2.05, 4.69) is 22.5 Å². The Kier molecular flexibility index (Phi) is 5.47. The fourth-order valence-electron chi connectivity index (χ4n) is 2.21. The number of nitrogens with zero attached hydrogens (tertiary/aromatic N) is 1. The summed E-state index contributed by atoms with van der Waals surface area (Å²) in [5, 5.41) is 0.757. The SMILES string of the molecule is Cc1nc(COc2ccc(C3SCCS3)cc2)sc1C(=O)NN. The fourth-order valence-corrected chi connectivity index (χ4v) is 5.95. The molecular weight excluding hydrogens is 350 g/mol. The molecule has 1 aromatic heterocycles. The normalized spacial score (nSPS) is 14.9. The number of amides is 1. The number of thiazole rings is 1. The van der Waals surface area contributed by atoms with Gasteiger partial charge in [-0.2, -0.15) is 0 Å². The second-order valence-corrected chi connectivity index (χ2v) is 8.73. The van der Waals surface area contributed by atoms with E-state index in [1.165, 1.54) is 28.4 Å². The van der Waals surface area contributed by atoms with Crippen molar-refractivity contribution in [3.05, 3.63) is 45.4 Å². The Labute approximate surface area is 147 Å². The number of benzene rings is 1. The molecule has 0 bridgehead atoms. The number of hydrogen-bond acceptors (Lipinski definition) is 7. The highest BCUT2D eigenvalue weighted by molar-refractivity contribution is 8.19. The zero-order valence-electron chi connectivity index (χ0n) is 12.6. The van der Waals surface area contributed by atoms with Crippen LogP contribution in [0, 0.1) is 6.92 Å². The maximum atomic E-state index is 11.6. The van der Waals surface area contributed by atoms with Crippen molar-refractivity contribution in [1.29, 1.82) is 0 Å². The lowest BCUT2D eigenvalue weighted by Gasteiger charge is -2.09. The molecule has 0 saturated carbocycles. The van der Waals surface area contributed by atoms with Gasteiger partial charge in [-0.15, -0.1) is 34.9 Å². The van der Waals surface area contributed by atoms with E-state index in [-0.39, 0.29) is 5.91 Å². The van der Waals surface area contributed by atoms with Crippen LogP contribution in [-0.4, -0.2) is 22.4 Å². The highest BCUT2D eigenvalue weighted by atomic mass is 32.2. The first-order valence-electron chi connectivity index (χ1n) is 7.10. The number of hydrazine groups is 1. The maximum Gasteiger partial charge on any atom is 0.277 e. The third-order valence-electron chi connectivity index (χ3n) is 3.31. The van der Waals surface area contributed by atoms with Gasteiger partial charge in [0.15, 0.2) is 0 Å². The zero-order valence-corrected chi connectivity index (χ0v) is 15.0. The lowest BCUT2D eigenvalue weighted by Crippen LogP contribution is -2.29. The van der Waals surface area contributed by atoms with Crippen molar-refractivity contribution in [1.82, 2.24) is 10.4 Å². The Balaban J connectivity index is 1.61. The molecular formula is C15H17N3O2S3. The van der Waals surface area contributed by atoms with Gasteiger partial charge in [0.1, 0.15) is 22.2 Å². The van der Waals surface area contributed by atoms with Crippen molar-refractivity contribution in [3.63, 3.8) is 0 Å². The molecule has 0 unspecified atom stereocenters. The lowest BCUT2D eigenvalue weighted by atomic mass is 10.2. The van der Waals surface area contributed by atoms with E-state index < -0.39 is 0 Å². The number of carbonyl (C=O) groups excluding carboxylic acids is 1. The van der Waals surface area contributed by atoms with Crippen molar-refractivity contribution in [3.8, 4) is 5.75 Å². The lowest BCUT2D eigenvalue weighted by molar-refractivity contribution is 0.0957. The summed E-state index contributed by atoms with van der Waals surface area (Å²) in [6.07, 6.45) is 0. The van der Waals surface area contributed by atoms with E-state index in [0.717, 1.165) is 10.8 Å². The summed E-state index contributed by atoms with van der Waals surface area (Å²) in [5.74, 6) is 8.08. The number of ether oxygens (including phenoxy) is 1. The van der Waals surface area contributed by atoms with Crippen molar-refractivity contribution >= 4 is 40.8 Å². The van der Waals surface area contributed by atoms with E-state index in [9.17, 15) is 4.79 Å². The predicted molar refractivity (Wildman–Crippen MR) is 96.9 cm³/mol. The average molecular weight is 368 g/mol. The van der Waals surface area contributed by atoms with Gasteiger partial charge in [-0.3, -0.25) is 10.2 Å². The summed E-state index contributed by atoms with van der Waals surface area (Å²) in [7, 11) is 0. The van der Waals surface area contributed by atoms with Crippen molar-refractivity contribution in [2.75, 3.05) is 11.5 Å². The van der Waals surface area contributed by atoms with Gasteiger partial charge in [0, 0.05) is 11.5 Å². The van der Waals surface area contributed by atoms with E-state index in [1.54, 1.807) is 6.92 Å². The highest BCUT2D eigenvalue weighted by Gasteiger charge is 2.18. The number of nitrogens with two attached hydrogens (primary N) is 1. The van der Waals surface area contributed by atoms with E-state index in [0.29, 0.717) is 21.8 Å². The number of thioether (sulfide) groups is 2. The summed E-state index contributed by atoms with van der Waals surface area (Å²) < 4.78 is 6.31. The predicted octanol–water partition coefficient (Wildman–Crippen LogP) is 3.11. The molecule has 3 rings (SSSR count). The van der Waals surface area contributed by atoms with Gasteiger partial charge in [0.2, 0.25) is 0 Å². The monoisotopic (exact) mass is 367 g/mol. The first-order chi connectivity index (χ1) is 11.2. The van der Waals surface area contributed by atoms with Crippen molar-refractivity contribution in [2.45, 2.75) is 18.1 Å². The molecule has 0 atom stereocenters. The van der Waals surface area contributed by atoms with E-state index >= 15 is 0 Å². The number of aryl methyl sites for hydroxylation is 1. The summed E-state index contributed by atoms with van der Waals surface area (Å²) in [6, 6.07) is 8.21. The topological polar surface area (TPSA) is 77.2 Å². The second-order valence-electron chi connectivity index (χ2n) is 4.93. The molecule has 1 amide bonds. The first-order valence-corrected chi connectivity index (χ1v) is 10.0. The zero-order chi connectivity index (χ0) is 16.2. The van der Waals surface area contributed by atoms with Gasteiger partial charge < -0.3 is 4.74 Å². The van der Waals surface area contributed by atoms with Crippen LogP contribution in [0.25, 0.3) is 0 Å². The number of carbonyl (C=O) groups is 1. The van der Waals surface area contributed by atoms with Crippen molar-refractivity contribution < 1.29 is 9.53 Å². The standard InChI is InChI=1S/C15H17N3O2S3/c1-9-13(14(19)18-16)23-12(17-9)8-20-11-4-2-10(3-5-11)15-21-6-7-22-15/h2-5,15H,6-8,16H2,1H3,(H,18,19). The van der Waals surface area contributed by atoms with Crippen LogP contribution >= 0.6 is 34.9 Å². The summed E-state index contributed by atoms with van der Waals surface area (Å²) >= 11 is 5.27. The van der Waals surface area contributed by atoms with Gasteiger partial charge in [0.05, 0.1) is 10.3 Å². The second kappa shape index (κ2) is 7.57. The molecule has 1 fully saturated rings. The van der Waals surface area contributed by atoms with Crippen molar-refractivity contribution in [2.24, 2.45) is 5.84 Å². The molecule has 122 valence electrons. The molecule has 23 heavy (non-hydrogen) atoms. The molecule has 5 nitrogen and oxygen atoms in total. The molecule has 8 heteroatoms. The van der Waals surface area contributed by atoms with E-state index in [1.807, 2.05) is 35.7 Å². The van der Waals surface area contributed by atoms with Crippen LogP contribution < -0.4 is 16.0 Å². The summed E-state index contributed by atoms with van der Waals surface area (Å²) in [4.78, 5) is 16.4. The molecule has 0 radical (unpaired) electrons. The molecule has 1 aliphatic rings. The number of rotatable bonds is 5. The minimum atomic E-state index is -0.317. The number of hydrogen-bond donors (Lipinski definition) is 2. The van der Waals surface area contributed by atoms with Crippen LogP contribution in [0.3, 0.4) is 0 Å². The van der Waals surface area contributed by atoms with Crippen LogP contribution in [0.2, 0.25) is 0 Å². The summed E-state index contributed by atoms with van der Waals surface area (Å²) in [6.45, 7) is 2.13. The third-order valence-corrected chi connectivity index (χ3v) is 7.55. The van der Waals surface area contributed by atoms with Crippen LogP contribution in [-0.2, 0) is 6.61 Å². The van der Waals surface area contributed by atoms with Gasteiger partial charge in [-0.1, -0.05) is 12.1 Å². The molecule has 2 aromatic rings. The van der Waals surface area contributed by atoms with Gasteiger partial charge in [0.25, 0.3) is 5.91 Å². The van der Waals surface area contributed by atoms with Crippen LogP contribution in [0.1, 0.15) is 30.5 Å². The Hall–Kier alpha value is -1.22. The molecule has 3 N–H and O–H groups in total. The number of nitrogens with one attached hydrogen (secondary N) is 1. The minimum Gasteiger partial charge on any atom is -0.486 e. The van der Waals surface area contributed by atoms with Crippen LogP contribution in [0.5, 0.6) is 5.75 Å². The molecule has 0 aliphatic carbocycles. The van der Waals surface area contributed by atoms with Gasteiger partial charge in [-0.25, -0.2) is 10.8 Å². The Morgan fingerprint density at radius 2 is 2.04 bits per heavy atom. The fraction of sp³-hybridized carbons (Fsp3) is 0.333. The number of aromatic nitrogens is 1. The minimum absolute atomic E-state index is 0.317. The molecule has 0 spiro atoms. The quantitative estimate of drug-likeness (QED) is 0.480. The molecule has 1 aliphatic heterocycles. The van der Waals surface area contributed by atoms with Crippen LogP contribution in [0.4, 0.5) is 0 Å².